The van der Waals surface area contributed by atoms with E-state index in [1.165, 1.54) is 0 Å². The van der Waals surface area contributed by atoms with E-state index < -0.39 is 0 Å². The molecule has 4 heteroatoms. The fourth-order valence-electron chi connectivity index (χ4n) is 2.21. The lowest BCUT2D eigenvalue weighted by atomic mass is 9.95. The molecule has 108 valence electrons. The number of hydrogen-bond donors (Lipinski definition) is 0. The summed E-state index contributed by atoms with van der Waals surface area (Å²) in [5.74, 6) is 0.403. The highest BCUT2D eigenvalue weighted by molar-refractivity contribution is 7.38. The first-order chi connectivity index (χ1) is 9.47. The number of rotatable bonds is 6. The van der Waals surface area contributed by atoms with E-state index in [2.05, 4.69) is 0 Å². The van der Waals surface area contributed by atoms with Crippen molar-refractivity contribution in [2.45, 2.75) is 20.8 Å². The number of ketones is 2. The van der Waals surface area contributed by atoms with Crippen LogP contribution in [0.4, 0.5) is 0 Å². The van der Waals surface area contributed by atoms with Crippen molar-refractivity contribution in [3.05, 3.63) is 40.5 Å². The predicted molar refractivity (Wildman–Crippen MR) is 84.7 cm³/mol. The van der Waals surface area contributed by atoms with Gasteiger partial charge in [-0.15, -0.1) is 8.58 Å². The molecule has 0 N–H and O–H groups in total. The quantitative estimate of drug-likeness (QED) is 0.265. The highest BCUT2D eigenvalue weighted by Crippen LogP contribution is 2.27. The lowest BCUT2D eigenvalue weighted by Crippen LogP contribution is -2.16. The Morgan fingerprint density at radius 1 is 1.30 bits per heavy atom. The third-order valence-corrected chi connectivity index (χ3v) is 3.90. The Hall–Kier alpha value is -1.47. The third kappa shape index (κ3) is 3.34. The maximum atomic E-state index is 12.6. The molecule has 0 aliphatic rings. The number of methoxy groups -OCH3 is 1. The molecule has 1 unspecified atom stereocenters. The summed E-state index contributed by atoms with van der Waals surface area (Å²) < 4.78 is 5.33. The fourth-order valence-corrected chi connectivity index (χ4v) is 2.72. The lowest BCUT2D eigenvalue weighted by Gasteiger charge is -2.13. The maximum absolute atomic E-state index is 12.6. The molecule has 0 fully saturated rings. The normalized spacial score (nSPS) is 11.9. The molecule has 0 amide bonds. The van der Waals surface area contributed by atoms with Gasteiger partial charge in [-0.2, -0.15) is 0 Å². The Morgan fingerprint density at radius 2 is 1.95 bits per heavy atom. The first-order valence-electron chi connectivity index (χ1n) is 6.50. The minimum Gasteiger partial charge on any atom is -0.496 e. The number of carbonyl (C=O) groups excluding carboxylic acids is 2. The molecule has 0 radical (unpaired) electrons. The van der Waals surface area contributed by atoms with E-state index in [9.17, 15) is 9.59 Å². The van der Waals surface area contributed by atoms with Crippen molar-refractivity contribution in [2.75, 3.05) is 19.9 Å². The van der Waals surface area contributed by atoms with Gasteiger partial charge in [-0.05, 0) is 33.0 Å². The van der Waals surface area contributed by atoms with Gasteiger partial charge >= 0.3 is 0 Å². The summed E-state index contributed by atoms with van der Waals surface area (Å²) in [6.45, 7) is 7.46. The van der Waals surface area contributed by atoms with Crippen LogP contribution in [0.3, 0.4) is 0 Å². The molecule has 0 bridgehead atoms. The summed E-state index contributed by atoms with van der Waals surface area (Å²) in [5.41, 5.74) is 2.57. The summed E-state index contributed by atoms with van der Waals surface area (Å²) in [6, 6.07) is 3.61. The first kappa shape index (κ1) is 16.6. The zero-order chi connectivity index (χ0) is 15.3. The topological polar surface area (TPSA) is 43.4 Å². The van der Waals surface area contributed by atoms with Crippen LogP contribution in [0.15, 0.2) is 23.8 Å². The van der Waals surface area contributed by atoms with Gasteiger partial charge in [0.1, 0.15) is 5.75 Å². The molecule has 0 heterocycles. The zero-order valence-electron chi connectivity index (χ0n) is 12.7. The van der Waals surface area contributed by atoms with Crippen LogP contribution < -0.4 is 4.74 Å². The van der Waals surface area contributed by atoms with Gasteiger partial charge in [0.2, 0.25) is 0 Å². The van der Waals surface area contributed by atoms with Crippen molar-refractivity contribution in [2.24, 2.45) is 0 Å². The van der Waals surface area contributed by atoms with Crippen LogP contribution in [0, 0.1) is 13.8 Å². The highest BCUT2D eigenvalue weighted by Gasteiger charge is 2.21. The Morgan fingerprint density at radius 3 is 2.45 bits per heavy atom. The minimum absolute atomic E-state index is 0.0859. The average molecular weight is 292 g/mol. The van der Waals surface area contributed by atoms with Crippen molar-refractivity contribution in [3.8, 4) is 5.75 Å². The van der Waals surface area contributed by atoms with Crippen molar-refractivity contribution >= 4 is 20.1 Å². The van der Waals surface area contributed by atoms with Gasteiger partial charge in [0.25, 0.3) is 0 Å². The lowest BCUT2D eigenvalue weighted by molar-refractivity contribution is -0.112. The number of benzene rings is 1. The van der Waals surface area contributed by atoms with Crippen LogP contribution in [0.2, 0.25) is 0 Å². The molecular weight excluding hydrogens is 271 g/mol. The highest BCUT2D eigenvalue weighted by atomic mass is 31.1. The van der Waals surface area contributed by atoms with Crippen LogP contribution in [-0.2, 0) is 4.79 Å². The SMILES string of the molecule is C/C=C(/C(=O)CPC)C(=O)c1ccc(C)c(OC)c1C. The number of Topliss-reactive ketones (excluding diaryl/α,β-unsaturated/α-hetero) is 2. The fraction of sp³-hybridized carbons (Fsp3) is 0.375. The van der Waals surface area contributed by atoms with Crippen molar-refractivity contribution < 1.29 is 14.3 Å². The summed E-state index contributed by atoms with van der Waals surface area (Å²) in [4.78, 5) is 24.6. The second kappa shape index (κ2) is 7.35. The van der Waals surface area contributed by atoms with Gasteiger partial charge in [0, 0.05) is 17.3 Å². The van der Waals surface area contributed by atoms with E-state index in [-0.39, 0.29) is 17.1 Å². The molecule has 1 aromatic carbocycles. The molecule has 0 saturated heterocycles. The van der Waals surface area contributed by atoms with Crippen molar-refractivity contribution in [3.63, 3.8) is 0 Å². The van der Waals surface area contributed by atoms with Crippen molar-refractivity contribution in [1.82, 2.24) is 0 Å². The molecule has 0 aliphatic heterocycles. The molecule has 1 aromatic rings. The second-order valence-corrected chi connectivity index (χ2v) is 5.63. The van der Waals surface area contributed by atoms with Gasteiger partial charge < -0.3 is 4.74 Å². The zero-order valence-corrected chi connectivity index (χ0v) is 13.7. The van der Waals surface area contributed by atoms with E-state index in [0.29, 0.717) is 26.1 Å². The number of allylic oxidation sites excluding steroid dienone is 2. The molecular formula is C16H21O3P. The first-order valence-corrected chi connectivity index (χ1v) is 8.21. The molecule has 0 saturated carbocycles. The van der Waals surface area contributed by atoms with Crippen LogP contribution in [0.1, 0.15) is 28.4 Å². The Bertz CT molecular complexity index is 559. The molecule has 20 heavy (non-hydrogen) atoms. The third-order valence-electron chi connectivity index (χ3n) is 3.22. The number of aryl methyl sites for hydroxylation is 1. The minimum atomic E-state index is -0.216. The second-order valence-electron chi connectivity index (χ2n) is 4.57. The number of carbonyl (C=O) groups is 2. The molecule has 0 aliphatic carbocycles. The molecule has 0 spiro atoms. The predicted octanol–water partition coefficient (Wildman–Crippen LogP) is 3.32. The van der Waals surface area contributed by atoms with E-state index in [1.54, 1.807) is 26.2 Å². The standard InChI is InChI=1S/C16H21O3P/c1-6-12(14(17)9-20-5)15(18)13-8-7-10(2)16(19-4)11(13)3/h6-8,20H,9H2,1-5H3/b12-6-. The van der Waals surface area contributed by atoms with Crippen LogP contribution in [0.5, 0.6) is 5.75 Å². The van der Waals surface area contributed by atoms with E-state index in [1.807, 2.05) is 26.6 Å². The van der Waals surface area contributed by atoms with Gasteiger partial charge in [-0.25, -0.2) is 0 Å². The summed E-state index contributed by atoms with van der Waals surface area (Å²) in [7, 11) is 2.10. The summed E-state index contributed by atoms with van der Waals surface area (Å²) in [6.07, 6.45) is 2.03. The van der Waals surface area contributed by atoms with Gasteiger partial charge in [0.15, 0.2) is 11.6 Å². The van der Waals surface area contributed by atoms with Crippen LogP contribution >= 0.6 is 8.58 Å². The average Bonchev–Trinajstić information content (AvgIpc) is 2.40. The molecule has 3 nitrogen and oxygen atoms in total. The number of hydrogen-bond acceptors (Lipinski definition) is 3. The smallest absolute Gasteiger partial charge is 0.196 e. The van der Waals surface area contributed by atoms with E-state index in [4.69, 9.17) is 4.74 Å². The monoisotopic (exact) mass is 292 g/mol. The summed E-state index contributed by atoms with van der Waals surface area (Å²) in [5, 5.41) is 0. The van der Waals surface area contributed by atoms with E-state index >= 15 is 0 Å². The maximum Gasteiger partial charge on any atom is 0.196 e. The molecule has 1 rings (SSSR count). The van der Waals surface area contributed by atoms with Gasteiger partial charge in [-0.3, -0.25) is 9.59 Å². The van der Waals surface area contributed by atoms with Crippen LogP contribution in [-0.4, -0.2) is 31.5 Å². The van der Waals surface area contributed by atoms with Gasteiger partial charge in [0.05, 0.1) is 12.7 Å². The Balaban J connectivity index is 3.24. The Labute approximate surface area is 122 Å². The summed E-state index contributed by atoms with van der Waals surface area (Å²) >= 11 is 0. The van der Waals surface area contributed by atoms with Crippen molar-refractivity contribution in [1.29, 1.82) is 0 Å². The molecule has 1 atom stereocenters. The van der Waals surface area contributed by atoms with Gasteiger partial charge in [-0.1, -0.05) is 18.2 Å². The molecule has 0 aromatic heterocycles. The van der Waals surface area contributed by atoms with Crippen LogP contribution in [0.25, 0.3) is 0 Å². The number of ether oxygens (including phenoxy) is 1. The largest absolute Gasteiger partial charge is 0.496 e. The van der Waals surface area contributed by atoms with E-state index in [0.717, 1.165) is 11.1 Å². The Kier molecular flexibility index (Phi) is 6.09.